The molecule has 2 aromatic heterocycles. The van der Waals surface area contributed by atoms with E-state index in [-0.39, 0.29) is 17.2 Å². The van der Waals surface area contributed by atoms with Gasteiger partial charge in [-0.05, 0) is 80.2 Å². The monoisotopic (exact) mass is 1130 g/mol. The fraction of sp³-hybridized carbons (Fsp3) is 0.171. The highest BCUT2D eigenvalue weighted by Crippen LogP contribution is 2.38. The summed E-state index contributed by atoms with van der Waals surface area (Å²) >= 11 is 3.38. The normalized spacial score (nSPS) is 11.0. The number of fused-ring (bicyclic) bond motifs is 4. The number of unbranched alkanes of at least 4 members (excludes halogenated alkanes) is 6. The zero-order chi connectivity index (χ0) is 55.9. The Hall–Kier alpha value is -9.06. The number of aromatic nitrogens is 6. The first kappa shape index (κ1) is 55.3. The standard InChI is InChI=1S/C35H31N3O2.C29H19N3O2.C6H13Br/c1-2-3-4-9-22-40-26-20-21-31(32(39)23-26)35-37-33(29-18-10-14-24-12-5-7-16-27(24)29)36-34(38-35)30-19-11-15-25-13-6-8-17-28(25)30;33-20-15-16-25(26(34)17-20)29-31-27(23-13-5-9-18-7-1-3-11-21(18)23)30-28(32-29)24-14-6-10-19-8-2-4-12-22(19)24;1-2-3-4-5-6-7/h5-8,10-21,23,39H,2-4,9,22H2,1H3;1-17,33-34H;2-6H2,1H3. The van der Waals surface area contributed by atoms with Gasteiger partial charge in [-0.1, -0.05) is 238 Å². The summed E-state index contributed by atoms with van der Waals surface area (Å²) in [4.78, 5) is 29.2. The van der Waals surface area contributed by atoms with E-state index in [1.807, 2.05) is 121 Å². The summed E-state index contributed by atoms with van der Waals surface area (Å²) in [5.74, 6) is 3.46. The van der Waals surface area contributed by atoms with Gasteiger partial charge < -0.3 is 20.1 Å². The van der Waals surface area contributed by atoms with E-state index in [0.717, 1.165) is 78.2 Å². The smallest absolute Gasteiger partial charge is 0.167 e. The molecule has 0 saturated carbocycles. The van der Waals surface area contributed by atoms with Crippen molar-refractivity contribution >= 4 is 59.0 Å². The molecule has 12 aromatic rings. The van der Waals surface area contributed by atoms with Gasteiger partial charge >= 0.3 is 0 Å². The molecule has 10 aromatic carbocycles. The summed E-state index contributed by atoms with van der Waals surface area (Å²) in [6.45, 7) is 5.05. The molecule has 0 bridgehead atoms. The van der Waals surface area contributed by atoms with Gasteiger partial charge in [-0.3, -0.25) is 0 Å². The topological polar surface area (TPSA) is 147 Å². The van der Waals surface area contributed by atoms with Crippen LogP contribution in [0.3, 0.4) is 0 Å². The fourth-order valence-electron chi connectivity index (χ4n) is 9.90. The molecular formula is C70H63BrN6O4. The van der Waals surface area contributed by atoms with Crippen LogP contribution in [0.2, 0.25) is 0 Å². The van der Waals surface area contributed by atoms with Crippen molar-refractivity contribution in [3.63, 3.8) is 0 Å². The number of phenols is 3. The highest BCUT2D eigenvalue weighted by atomic mass is 79.9. The molecule has 0 aliphatic carbocycles. The Bertz CT molecular complexity index is 3900. The number of benzene rings is 10. The second-order valence-electron chi connectivity index (χ2n) is 19.8. The van der Waals surface area contributed by atoms with Crippen LogP contribution in [-0.4, -0.2) is 57.2 Å². The predicted octanol–water partition coefficient (Wildman–Crippen LogP) is 18.4. The molecule has 0 aliphatic heterocycles. The van der Waals surface area contributed by atoms with Crippen molar-refractivity contribution < 1.29 is 20.1 Å². The van der Waals surface area contributed by atoms with E-state index in [4.69, 9.17) is 34.6 Å². The van der Waals surface area contributed by atoms with Gasteiger partial charge in [0.15, 0.2) is 34.9 Å². The summed E-state index contributed by atoms with van der Waals surface area (Å²) in [7, 11) is 0. The highest BCUT2D eigenvalue weighted by molar-refractivity contribution is 9.09. The van der Waals surface area contributed by atoms with Gasteiger partial charge in [0.2, 0.25) is 0 Å². The summed E-state index contributed by atoms with van der Waals surface area (Å²) in [6.07, 6.45) is 9.98. The van der Waals surface area contributed by atoms with E-state index in [1.54, 1.807) is 12.1 Å². The lowest BCUT2D eigenvalue weighted by Gasteiger charge is -2.13. The molecule has 2 heterocycles. The molecular weight excluding hydrogens is 1070 g/mol. The molecule has 81 heavy (non-hydrogen) atoms. The van der Waals surface area contributed by atoms with Crippen molar-refractivity contribution in [3.8, 4) is 91.3 Å². The van der Waals surface area contributed by atoms with Crippen LogP contribution in [0.15, 0.2) is 206 Å². The van der Waals surface area contributed by atoms with Gasteiger partial charge in [-0.2, -0.15) is 0 Å². The van der Waals surface area contributed by atoms with Gasteiger partial charge in [0.25, 0.3) is 0 Å². The Morgan fingerprint density at radius 3 is 1.02 bits per heavy atom. The van der Waals surface area contributed by atoms with Gasteiger partial charge in [0.05, 0.1) is 17.7 Å². The van der Waals surface area contributed by atoms with E-state index in [9.17, 15) is 15.3 Å². The van der Waals surface area contributed by atoms with E-state index in [2.05, 4.69) is 90.4 Å². The van der Waals surface area contributed by atoms with Crippen molar-refractivity contribution in [1.82, 2.24) is 29.9 Å². The zero-order valence-corrected chi connectivity index (χ0v) is 47.1. The summed E-state index contributed by atoms with van der Waals surface area (Å²) in [5.41, 5.74) is 4.53. The fourth-order valence-corrected chi connectivity index (χ4v) is 10.3. The average molecular weight is 1130 g/mol. The maximum absolute atomic E-state index is 11.1. The second kappa shape index (κ2) is 26.7. The van der Waals surface area contributed by atoms with Crippen LogP contribution in [0.4, 0.5) is 0 Å². The number of halogens is 1. The molecule has 0 saturated heterocycles. The Kier molecular flexibility index (Phi) is 18.2. The lowest BCUT2D eigenvalue weighted by Crippen LogP contribution is -2.01. The molecule has 0 aliphatic rings. The van der Waals surface area contributed by atoms with Crippen LogP contribution >= 0.6 is 15.9 Å². The average Bonchev–Trinajstić information content (AvgIpc) is 3.66. The quantitative estimate of drug-likeness (QED) is 0.0631. The predicted molar refractivity (Wildman–Crippen MR) is 335 cm³/mol. The summed E-state index contributed by atoms with van der Waals surface area (Å²) < 4.78 is 5.89. The zero-order valence-electron chi connectivity index (χ0n) is 45.5. The minimum absolute atomic E-state index is 0.0288. The van der Waals surface area contributed by atoms with E-state index in [0.29, 0.717) is 58.4 Å². The number of alkyl halides is 1. The third-order valence-corrected chi connectivity index (χ3v) is 14.6. The Morgan fingerprint density at radius 2 is 0.667 bits per heavy atom. The number of phenolic OH excluding ortho intramolecular Hbond substituents is 3. The van der Waals surface area contributed by atoms with Crippen LogP contribution in [0, 0.1) is 0 Å². The molecule has 0 unspecified atom stereocenters. The Labute approximate surface area is 481 Å². The first-order valence-electron chi connectivity index (χ1n) is 27.8. The first-order valence-corrected chi connectivity index (χ1v) is 28.9. The molecule has 12 rings (SSSR count). The third-order valence-electron chi connectivity index (χ3n) is 14.1. The van der Waals surface area contributed by atoms with E-state index < -0.39 is 0 Å². The lowest BCUT2D eigenvalue weighted by atomic mass is 10.0. The molecule has 0 atom stereocenters. The molecule has 0 radical (unpaired) electrons. The van der Waals surface area contributed by atoms with Crippen molar-refractivity contribution in [1.29, 1.82) is 0 Å². The largest absolute Gasteiger partial charge is 0.508 e. The number of aromatic hydroxyl groups is 3. The minimum atomic E-state index is -0.0982. The van der Waals surface area contributed by atoms with Gasteiger partial charge in [-0.15, -0.1) is 0 Å². The van der Waals surface area contributed by atoms with Crippen molar-refractivity contribution in [2.24, 2.45) is 0 Å². The lowest BCUT2D eigenvalue weighted by molar-refractivity contribution is 0.303. The van der Waals surface area contributed by atoms with Crippen LogP contribution < -0.4 is 4.74 Å². The number of ether oxygens (including phenoxy) is 1. The van der Waals surface area contributed by atoms with Gasteiger partial charge in [0, 0.05) is 39.7 Å². The van der Waals surface area contributed by atoms with Crippen molar-refractivity contribution in [2.45, 2.75) is 65.2 Å². The maximum atomic E-state index is 11.1. The van der Waals surface area contributed by atoms with Crippen molar-refractivity contribution in [2.75, 3.05) is 11.9 Å². The SMILES string of the molecule is CCCCCCBr.CCCCCCOc1ccc(-c2nc(-c3cccc4ccccc34)nc(-c3cccc4ccccc34)n2)c(O)c1.Oc1ccc(-c2nc(-c3cccc4ccccc34)nc(-c3cccc4ccccc34)n2)c(O)c1. The van der Waals surface area contributed by atoms with Crippen molar-refractivity contribution in [3.05, 3.63) is 206 Å². The Morgan fingerprint density at radius 1 is 0.333 bits per heavy atom. The second-order valence-corrected chi connectivity index (χ2v) is 20.6. The number of hydrogen-bond acceptors (Lipinski definition) is 10. The van der Waals surface area contributed by atoms with Gasteiger partial charge in [0.1, 0.15) is 23.0 Å². The molecule has 0 fully saturated rings. The number of hydrogen-bond donors (Lipinski definition) is 3. The number of rotatable bonds is 16. The molecule has 11 heteroatoms. The van der Waals surface area contributed by atoms with Crippen LogP contribution in [0.5, 0.6) is 23.0 Å². The highest BCUT2D eigenvalue weighted by Gasteiger charge is 2.20. The minimum Gasteiger partial charge on any atom is -0.508 e. The molecule has 3 N–H and O–H groups in total. The number of nitrogens with zero attached hydrogens (tertiary/aromatic N) is 6. The Balaban J connectivity index is 0.000000164. The molecule has 10 nitrogen and oxygen atoms in total. The third kappa shape index (κ3) is 13.2. The van der Waals surface area contributed by atoms with Gasteiger partial charge in [-0.25, -0.2) is 29.9 Å². The maximum Gasteiger partial charge on any atom is 0.167 e. The van der Waals surface area contributed by atoms with Crippen LogP contribution in [0.1, 0.15) is 65.2 Å². The first-order chi connectivity index (χ1) is 39.8. The molecule has 404 valence electrons. The summed E-state index contributed by atoms with van der Waals surface area (Å²) in [5, 5.41) is 41.1. The van der Waals surface area contributed by atoms with E-state index >= 15 is 0 Å². The molecule has 0 spiro atoms. The molecule has 0 amide bonds. The summed E-state index contributed by atoms with van der Waals surface area (Å²) in [6, 6.07) is 66.7. The van der Waals surface area contributed by atoms with Crippen LogP contribution in [-0.2, 0) is 0 Å². The van der Waals surface area contributed by atoms with Crippen LogP contribution in [0.25, 0.3) is 111 Å². The van der Waals surface area contributed by atoms with E-state index in [1.165, 1.54) is 56.0 Å².